The molecule has 0 saturated heterocycles. The molecule has 0 heterocycles. The molecule has 1 unspecified atom stereocenters. The molecule has 3 heteroatoms. The Morgan fingerprint density at radius 1 is 1.31 bits per heavy atom. The van der Waals surface area contributed by atoms with Crippen LogP contribution in [0.25, 0.3) is 0 Å². The zero-order valence-electron chi connectivity index (χ0n) is 10.8. The van der Waals surface area contributed by atoms with Crippen molar-refractivity contribution in [2.45, 2.75) is 51.0 Å². The van der Waals surface area contributed by atoms with Crippen molar-refractivity contribution in [3.63, 3.8) is 0 Å². The van der Waals surface area contributed by atoms with E-state index in [4.69, 9.17) is 4.74 Å². The molecule has 2 N–H and O–H groups in total. The van der Waals surface area contributed by atoms with Crippen LogP contribution in [-0.2, 0) is 4.74 Å². The maximum Gasteiger partial charge on any atom is 0.0765 e. The summed E-state index contributed by atoms with van der Waals surface area (Å²) in [5, 5.41) is 13.4. The molecule has 96 valence electrons. The number of hydrogen-bond acceptors (Lipinski definition) is 3. The molecule has 0 aliphatic heterocycles. The van der Waals surface area contributed by atoms with Gasteiger partial charge in [0.05, 0.1) is 5.60 Å². The van der Waals surface area contributed by atoms with E-state index in [0.29, 0.717) is 19.6 Å². The van der Waals surface area contributed by atoms with E-state index in [-0.39, 0.29) is 0 Å². The van der Waals surface area contributed by atoms with Crippen LogP contribution < -0.4 is 5.32 Å². The first-order valence-electron chi connectivity index (χ1n) is 6.56. The van der Waals surface area contributed by atoms with E-state index in [1.165, 1.54) is 32.1 Å². The summed E-state index contributed by atoms with van der Waals surface area (Å²) in [5.74, 6) is 0.826. The van der Waals surface area contributed by atoms with Crippen molar-refractivity contribution in [3.8, 4) is 0 Å². The summed E-state index contributed by atoms with van der Waals surface area (Å²) in [6.07, 6.45) is 7.57. The molecule has 1 rings (SSSR count). The van der Waals surface area contributed by atoms with Crippen LogP contribution in [0.5, 0.6) is 0 Å². The van der Waals surface area contributed by atoms with E-state index in [2.05, 4.69) is 5.32 Å². The fourth-order valence-electron chi connectivity index (χ4n) is 2.35. The van der Waals surface area contributed by atoms with Crippen molar-refractivity contribution < 1.29 is 9.84 Å². The molecule has 3 nitrogen and oxygen atoms in total. The Morgan fingerprint density at radius 3 is 2.62 bits per heavy atom. The quantitative estimate of drug-likeness (QED) is 0.701. The van der Waals surface area contributed by atoms with Gasteiger partial charge in [-0.3, -0.25) is 0 Å². The van der Waals surface area contributed by atoms with Gasteiger partial charge >= 0.3 is 0 Å². The Bertz CT molecular complexity index is 177. The third-order valence-corrected chi connectivity index (χ3v) is 3.51. The first-order chi connectivity index (χ1) is 7.64. The molecular formula is C13H27NO2. The van der Waals surface area contributed by atoms with Gasteiger partial charge in [-0.15, -0.1) is 0 Å². The average molecular weight is 229 g/mol. The van der Waals surface area contributed by atoms with Gasteiger partial charge in [-0.05, 0) is 32.2 Å². The molecule has 1 fully saturated rings. The highest BCUT2D eigenvalue weighted by molar-refractivity contribution is 4.77. The summed E-state index contributed by atoms with van der Waals surface area (Å²) in [4.78, 5) is 0. The van der Waals surface area contributed by atoms with Crippen LogP contribution in [-0.4, -0.2) is 37.5 Å². The zero-order valence-corrected chi connectivity index (χ0v) is 10.8. The topological polar surface area (TPSA) is 41.5 Å². The molecule has 0 bridgehead atoms. The van der Waals surface area contributed by atoms with Gasteiger partial charge in [-0.25, -0.2) is 0 Å². The molecule has 0 aromatic heterocycles. The second-order valence-electron chi connectivity index (χ2n) is 5.37. The van der Waals surface area contributed by atoms with Crippen molar-refractivity contribution in [1.82, 2.24) is 5.32 Å². The summed E-state index contributed by atoms with van der Waals surface area (Å²) in [6.45, 7) is 4.23. The molecule has 0 aromatic carbocycles. The molecule has 0 aromatic rings. The molecule has 0 spiro atoms. The predicted molar refractivity (Wildman–Crippen MR) is 66.6 cm³/mol. The first kappa shape index (κ1) is 13.9. The van der Waals surface area contributed by atoms with E-state index in [1.807, 2.05) is 6.92 Å². The number of ether oxygens (including phenoxy) is 1. The SMILES string of the molecule is COCCC(C)(O)CNCC1CCCCC1. The molecule has 1 aliphatic carbocycles. The highest BCUT2D eigenvalue weighted by atomic mass is 16.5. The third-order valence-electron chi connectivity index (χ3n) is 3.51. The minimum absolute atomic E-state index is 0.623. The summed E-state index contributed by atoms with van der Waals surface area (Å²) in [5.41, 5.74) is -0.634. The summed E-state index contributed by atoms with van der Waals surface area (Å²) in [7, 11) is 1.67. The molecule has 1 aliphatic rings. The van der Waals surface area contributed by atoms with Gasteiger partial charge in [0.1, 0.15) is 0 Å². The largest absolute Gasteiger partial charge is 0.389 e. The van der Waals surface area contributed by atoms with Crippen molar-refractivity contribution >= 4 is 0 Å². The Kier molecular flexibility index (Phi) is 6.32. The molecule has 0 radical (unpaired) electrons. The van der Waals surface area contributed by atoms with Crippen LogP contribution in [0.2, 0.25) is 0 Å². The highest BCUT2D eigenvalue weighted by Crippen LogP contribution is 2.22. The van der Waals surface area contributed by atoms with E-state index in [9.17, 15) is 5.11 Å². The lowest BCUT2D eigenvalue weighted by Gasteiger charge is -2.26. The fraction of sp³-hybridized carbons (Fsp3) is 1.00. The molecule has 16 heavy (non-hydrogen) atoms. The smallest absolute Gasteiger partial charge is 0.0765 e. The van der Waals surface area contributed by atoms with Gasteiger partial charge in [0.2, 0.25) is 0 Å². The van der Waals surface area contributed by atoms with Crippen LogP contribution in [0.4, 0.5) is 0 Å². The summed E-state index contributed by atoms with van der Waals surface area (Å²) >= 11 is 0. The zero-order chi connectivity index (χ0) is 11.9. The number of nitrogens with one attached hydrogen (secondary N) is 1. The standard InChI is InChI=1S/C13H27NO2/c1-13(15,8-9-16-2)11-14-10-12-6-4-3-5-7-12/h12,14-15H,3-11H2,1-2H3. The van der Waals surface area contributed by atoms with Gasteiger partial charge in [-0.1, -0.05) is 19.3 Å². The first-order valence-corrected chi connectivity index (χ1v) is 6.56. The van der Waals surface area contributed by atoms with E-state index in [0.717, 1.165) is 12.5 Å². The Labute approximate surface area is 99.6 Å². The van der Waals surface area contributed by atoms with Gasteiger partial charge < -0.3 is 15.2 Å². The summed E-state index contributed by atoms with van der Waals surface area (Å²) < 4.78 is 4.99. The lowest BCUT2D eigenvalue weighted by molar-refractivity contribution is 0.0240. The number of methoxy groups -OCH3 is 1. The fourth-order valence-corrected chi connectivity index (χ4v) is 2.35. The normalized spacial score (nSPS) is 21.9. The molecule has 1 atom stereocenters. The van der Waals surface area contributed by atoms with Crippen molar-refractivity contribution in [2.75, 3.05) is 26.8 Å². The van der Waals surface area contributed by atoms with Crippen LogP contribution in [0.15, 0.2) is 0 Å². The maximum atomic E-state index is 10.0. The lowest BCUT2D eigenvalue weighted by atomic mass is 9.89. The minimum atomic E-state index is -0.634. The summed E-state index contributed by atoms with van der Waals surface area (Å²) in [6, 6.07) is 0. The predicted octanol–water partition coefficient (Wildman–Crippen LogP) is 1.94. The van der Waals surface area contributed by atoms with E-state index < -0.39 is 5.60 Å². The van der Waals surface area contributed by atoms with Gasteiger partial charge in [0.15, 0.2) is 0 Å². The van der Waals surface area contributed by atoms with Gasteiger partial charge in [0, 0.05) is 26.7 Å². The van der Waals surface area contributed by atoms with E-state index >= 15 is 0 Å². The van der Waals surface area contributed by atoms with Gasteiger partial charge in [-0.2, -0.15) is 0 Å². The number of rotatable bonds is 7. The van der Waals surface area contributed by atoms with Crippen LogP contribution >= 0.6 is 0 Å². The maximum absolute atomic E-state index is 10.0. The lowest BCUT2D eigenvalue weighted by Crippen LogP contribution is -2.40. The Balaban J connectivity index is 2.08. The molecule has 0 amide bonds. The Hall–Kier alpha value is -0.120. The van der Waals surface area contributed by atoms with Crippen LogP contribution in [0.3, 0.4) is 0 Å². The van der Waals surface area contributed by atoms with Crippen molar-refractivity contribution in [3.05, 3.63) is 0 Å². The number of hydrogen-bond donors (Lipinski definition) is 2. The average Bonchev–Trinajstić information content (AvgIpc) is 2.28. The molecule has 1 saturated carbocycles. The monoisotopic (exact) mass is 229 g/mol. The van der Waals surface area contributed by atoms with Crippen molar-refractivity contribution in [2.24, 2.45) is 5.92 Å². The second-order valence-corrected chi connectivity index (χ2v) is 5.37. The second kappa shape index (κ2) is 7.25. The van der Waals surface area contributed by atoms with Gasteiger partial charge in [0.25, 0.3) is 0 Å². The molecular weight excluding hydrogens is 202 g/mol. The van der Waals surface area contributed by atoms with Crippen LogP contribution in [0.1, 0.15) is 45.4 Å². The Morgan fingerprint density at radius 2 is 2.00 bits per heavy atom. The van der Waals surface area contributed by atoms with Crippen molar-refractivity contribution in [1.29, 1.82) is 0 Å². The van der Waals surface area contributed by atoms with Crippen LogP contribution in [0, 0.1) is 5.92 Å². The number of aliphatic hydroxyl groups is 1. The highest BCUT2D eigenvalue weighted by Gasteiger charge is 2.20. The van der Waals surface area contributed by atoms with E-state index in [1.54, 1.807) is 7.11 Å². The third kappa shape index (κ3) is 5.83. The minimum Gasteiger partial charge on any atom is -0.389 e.